The molecule has 0 aliphatic heterocycles. The minimum Gasteiger partial charge on any atom is -0.410 e. The molecule has 18 heavy (non-hydrogen) atoms. The highest BCUT2D eigenvalue weighted by atomic mass is 16.5. The first kappa shape index (κ1) is 13.3. The molecule has 0 unspecified atom stereocenters. The summed E-state index contributed by atoms with van der Waals surface area (Å²) in [6.07, 6.45) is 4.67. The number of hydrogen-bond acceptors (Lipinski definition) is 4. The molecule has 1 saturated carbocycles. The molecule has 2 bridgehead atoms. The van der Waals surface area contributed by atoms with Crippen LogP contribution in [-0.4, -0.2) is 29.9 Å². The Kier molecular flexibility index (Phi) is 3.57. The van der Waals surface area contributed by atoms with E-state index < -0.39 is 0 Å². The summed E-state index contributed by atoms with van der Waals surface area (Å²) < 4.78 is 5.50. The molecule has 0 spiro atoms. The Labute approximate surface area is 108 Å². The molecule has 4 nitrogen and oxygen atoms in total. The third-order valence-electron chi connectivity index (χ3n) is 4.62. The number of ether oxygens (including phenoxy) is 1. The van der Waals surface area contributed by atoms with E-state index in [9.17, 15) is 4.79 Å². The van der Waals surface area contributed by atoms with Crippen LogP contribution in [0.5, 0.6) is 0 Å². The number of hydrogen-bond donors (Lipinski definition) is 1. The van der Waals surface area contributed by atoms with Crippen molar-refractivity contribution in [3.63, 3.8) is 0 Å². The fourth-order valence-electron chi connectivity index (χ4n) is 3.11. The van der Waals surface area contributed by atoms with Crippen LogP contribution in [0.1, 0.15) is 33.6 Å². The van der Waals surface area contributed by atoms with Crippen molar-refractivity contribution in [2.75, 3.05) is 13.2 Å². The highest BCUT2D eigenvalue weighted by Gasteiger charge is 2.50. The van der Waals surface area contributed by atoms with Crippen LogP contribution < -0.4 is 0 Å². The van der Waals surface area contributed by atoms with E-state index in [2.05, 4.69) is 25.1 Å². The van der Waals surface area contributed by atoms with Crippen molar-refractivity contribution < 1.29 is 14.7 Å². The second-order valence-corrected chi connectivity index (χ2v) is 5.92. The lowest BCUT2D eigenvalue weighted by atomic mass is 9.49. The first-order valence-corrected chi connectivity index (χ1v) is 6.45. The van der Waals surface area contributed by atoms with Crippen LogP contribution in [-0.2, 0) is 9.53 Å². The van der Waals surface area contributed by atoms with E-state index in [-0.39, 0.29) is 18.1 Å². The number of nitrogens with zero attached hydrogens (tertiary/aromatic N) is 1. The van der Waals surface area contributed by atoms with Gasteiger partial charge in [0.25, 0.3) is 0 Å². The third kappa shape index (κ3) is 2.21. The van der Waals surface area contributed by atoms with Crippen LogP contribution in [0.15, 0.2) is 16.8 Å². The summed E-state index contributed by atoms with van der Waals surface area (Å²) in [5.74, 6) is 1.18. The first-order valence-electron chi connectivity index (χ1n) is 6.45. The van der Waals surface area contributed by atoms with E-state index in [4.69, 9.17) is 9.94 Å². The highest BCUT2D eigenvalue weighted by Crippen LogP contribution is 2.59. The van der Waals surface area contributed by atoms with Gasteiger partial charge >= 0.3 is 0 Å². The number of carbonyl (C=O) groups is 1. The summed E-state index contributed by atoms with van der Waals surface area (Å²) in [6, 6.07) is 0. The zero-order valence-electron chi connectivity index (χ0n) is 11.3. The minimum atomic E-state index is -0.251. The van der Waals surface area contributed by atoms with E-state index in [1.165, 1.54) is 18.9 Å². The molecule has 0 saturated heterocycles. The third-order valence-corrected chi connectivity index (χ3v) is 4.62. The van der Waals surface area contributed by atoms with E-state index in [1.54, 1.807) is 0 Å². The van der Waals surface area contributed by atoms with E-state index in [0.29, 0.717) is 17.9 Å². The van der Waals surface area contributed by atoms with Gasteiger partial charge in [-0.1, -0.05) is 25.1 Å². The number of ketones is 1. The maximum atomic E-state index is 11.0. The van der Waals surface area contributed by atoms with Crippen LogP contribution in [0, 0.1) is 17.3 Å². The lowest BCUT2D eigenvalue weighted by Crippen LogP contribution is -2.48. The Morgan fingerprint density at radius 3 is 2.83 bits per heavy atom. The molecule has 4 heteroatoms. The highest BCUT2D eigenvalue weighted by molar-refractivity contribution is 6.39. The largest absolute Gasteiger partial charge is 0.410 e. The predicted octanol–water partition coefficient (Wildman–Crippen LogP) is 2.41. The van der Waals surface area contributed by atoms with Crippen LogP contribution >= 0.6 is 0 Å². The van der Waals surface area contributed by atoms with Gasteiger partial charge < -0.3 is 9.94 Å². The van der Waals surface area contributed by atoms with Crippen LogP contribution in [0.4, 0.5) is 0 Å². The first-order chi connectivity index (χ1) is 8.46. The molecule has 3 aliphatic carbocycles. The number of carbonyl (C=O) groups excluding carboxylic acids is 1. The molecular formula is C14H21NO3. The summed E-state index contributed by atoms with van der Waals surface area (Å²) in [6.45, 7) is 6.62. The Hall–Kier alpha value is -1.16. The van der Waals surface area contributed by atoms with Gasteiger partial charge in [-0.05, 0) is 35.7 Å². The number of allylic oxidation sites excluding steroid dienone is 1. The van der Waals surface area contributed by atoms with Crippen molar-refractivity contribution in [3.8, 4) is 0 Å². The standard InChI is InChI=1S/C14H21NO3/c1-9(16)13(15-17)8-18-7-10-4-5-11-6-12(10)14(11,2)3/h4,11-12,17H,5-8H2,1-3H3/b15-13-/t11-,12-/m0/s1. The van der Waals surface area contributed by atoms with Gasteiger partial charge in [0.1, 0.15) is 5.71 Å². The fourth-order valence-corrected chi connectivity index (χ4v) is 3.11. The van der Waals surface area contributed by atoms with Gasteiger partial charge in [0, 0.05) is 6.92 Å². The molecule has 1 N–H and O–H groups in total. The molecule has 0 aromatic rings. The monoisotopic (exact) mass is 251 g/mol. The van der Waals surface area contributed by atoms with Gasteiger partial charge in [0.2, 0.25) is 0 Å². The maximum Gasteiger partial charge on any atom is 0.179 e. The molecular weight excluding hydrogens is 230 g/mol. The van der Waals surface area contributed by atoms with Gasteiger partial charge in [-0.15, -0.1) is 0 Å². The number of rotatable bonds is 5. The van der Waals surface area contributed by atoms with E-state index in [1.807, 2.05) is 0 Å². The SMILES string of the molecule is CC(=O)/C(COCC1=CC[C@H]2C[C@@H]1C2(C)C)=N\O. The molecule has 0 amide bonds. The Balaban J connectivity index is 1.85. The molecule has 2 atom stereocenters. The summed E-state index contributed by atoms with van der Waals surface area (Å²) in [5.41, 5.74) is 1.81. The van der Waals surface area contributed by atoms with E-state index >= 15 is 0 Å². The lowest BCUT2D eigenvalue weighted by molar-refractivity contribution is -0.111. The van der Waals surface area contributed by atoms with Crippen molar-refractivity contribution in [3.05, 3.63) is 11.6 Å². The predicted molar refractivity (Wildman–Crippen MR) is 68.8 cm³/mol. The van der Waals surface area contributed by atoms with Gasteiger partial charge in [-0.3, -0.25) is 4.79 Å². The molecule has 0 aromatic heterocycles. The van der Waals surface area contributed by atoms with Crippen molar-refractivity contribution in [1.29, 1.82) is 0 Å². The Bertz CT molecular complexity index is 409. The van der Waals surface area contributed by atoms with Gasteiger partial charge in [0.15, 0.2) is 5.78 Å². The Morgan fingerprint density at radius 2 is 2.33 bits per heavy atom. The van der Waals surface area contributed by atoms with Gasteiger partial charge in [-0.25, -0.2) is 0 Å². The molecule has 1 fully saturated rings. The van der Waals surface area contributed by atoms with Crippen molar-refractivity contribution in [1.82, 2.24) is 0 Å². The van der Waals surface area contributed by atoms with Crippen LogP contribution in [0.25, 0.3) is 0 Å². The minimum absolute atomic E-state index is 0.0807. The maximum absolute atomic E-state index is 11.0. The molecule has 0 heterocycles. The van der Waals surface area contributed by atoms with Crippen molar-refractivity contribution >= 4 is 11.5 Å². The second kappa shape index (κ2) is 4.84. The van der Waals surface area contributed by atoms with Crippen LogP contribution in [0.3, 0.4) is 0 Å². The quantitative estimate of drug-likeness (QED) is 0.353. The molecule has 0 radical (unpaired) electrons. The zero-order valence-corrected chi connectivity index (χ0v) is 11.3. The molecule has 3 aliphatic rings. The smallest absolute Gasteiger partial charge is 0.179 e. The van der Waals surface area contributed by atoms with Crippen LogP contribution in [0.2, 0.25) is 0 Å². The molecule has 3 rings (SSSR count). The lowest BCUT2D eigenvalue weighted by Gasteiger charge is -2.56. The Morgan fingerprint density at radius 1 is 1.61 bits per heavy atom. The zero-order chi connectivity index (χ0) is 13.3. The second-order valence-electron chi connectivity index (χ2n) is 5.92. The summed E-state index contributed by atoms with van der Waals surface area (Å²) in [4.78, 5) is 11.0. The fraction of sp³-hybridized carbons (Fsp3) is 0.714. The summed E-state index contributed by atoms with van der Waals surface area (Å²) in [5, 5.41) is 11.6. The molecule has 0 aromatic carbocycles. The number of fused-ring (bicyclic) bond motifs is 1. The summed E-state index contributed by atoms with van der Waals surface area (Å²) in [7, 11) is 0. The number of Topliss-reactive ketones (excluding diaryl/α,β-unsaturated/α-hetero) is 1. The van der Waals surface area contributed by atoms with Crippen molar-refractivity contribution in [2.24, 2.45) is 22.4 Å². The van der Waals surface area contributed by atoms with Gasteiger partial charge in [0.05, 0.1) is 13.2 Å². The average Bonchev–Trinajstić information content (AvgIpc) is 2.34. The normalized spacial score (nSPS) is 29.5. The van der Waals surface area contributed by atoms with Gasteiger partial charge in [-0.2, -0.15) is 0 Å². The average molecular weight is 251 g/mol. The summed E-state index contributed by atoms with van der Waals surface area (Å²) >= 11 is 0. The number of oxime groups is 1. The topological polar surface area (TPSA) is 58.9 Å². The van der Waals surface area contributed by atoms with Crippen molar-refractivity contribution in [2.45, 2.75) is 33.6 Å². The van der Waals surface area contributed by atoms with E-state index in [0.717, 1.165) is 12.3 Å². The molecule has 100 valence electrons.